The van der Waals surface area contributed by atoms with Gasteiger partial charge in [0.1, 0.15) is 17.3 Å². The first-order chi connectivity index (χ1) is 8.85. The number of thiol groups is 1. The molecule has 1 heterocycles. The van der Waals surface area contributed by atoms with Crippen LogP contribution in [0.15, 0.2) is 48.5 Å². The van der Waals surface area contributed by atoms with Crippen LogP contribution in [0, 0.1) is 0 Å². The number of para-hydroxylation sites is 1. The molecular formula is C14H12N2OS. The Kier molecular flexibility index (Phi) is 2.94. The number of hydrogen-bond donors (Lipinski definition) is 2. The Morgan fingerprint density at radius 3 is 2.67 bits per heavy atom. The Morgan fingerprint density at radius 1 is 1.06 bits per heavy atom. The van der Waals surface area contributed by atoms with Crippen molar-refractivity contribution >= 4 is 23.7 Å². The van der Waals surface area contributed by atoms with E-state index in [0.29, 0.717) is 5.75 Å². The first-order valence-corrected chi connectivity index (χ1v) is 6.31. The molecule has 18 heavy (non-hydrogen) atoms. The maximum absolute atomic E-state index is 5.76. The topological polar surface area (TPSA) is 37.9 Å². The molecule has 0 bridgehead atoms. The lowest BCUT2D eigenvalue weighted by atomic mass is 10.3. The SMILES string of the molecule is SCc1nc2cc(Oc3ccccc3)ccc2[nH]1. The molecule has 3 aromatic rings. The fourth-order valence-corrected chi connectivity index (χ4v) is 1.95. The average Bonchev–Trinajstić information content (AvgIpc) is 2.82. The zero-order chi connectivity index (χ0) is 12.4. The maximum Gasteiger partial charge on any atom is 0.129 e. The molecule has 0 spiro atoms. The average molecular weight is 256 g/mol. The number of H-pyrrole nitrogens is 1. The Morgan fingerprint density at radius 2 is 1.89 bits per heavy atom. The molecule has 3 rings (SSSR count). The first-order valence-electron chi connectivity index (χ1n) is 5.67. The molecule has 3 nitrogen and oxygen atoms in total. The van der Waals surface area contributed by atoms with E-state index in [4.69, 9.17) is 4.74 Å². The number of nitrogens with one attached hydrogen (secondary N) is 1. The van der Waals surface area contributed by atoms with Crippen molar-refractivity contribution in [2.45, 2.75) is 5.75 Å². The van der Waals surface area contributed by atoms with Crippen LogP contribution in [-0.2, 0) is 5.75 Å². The molecule has 1 aromatic heterocycles. The summed E-state index contributed by atoms with van der Waals surface area (Å²) in [6, 6.07) is 15.5. The van der Waals surface area contributed by atoms with E-state index in [1.54, 1.807) is 0 Å². The summed E-state index contributed by atoms with van der Waals surface area (Å²) in [4.78, 5) is 7.61. The molecule has 2 aromatic carbocycles. The molecule has 0 unspecified atom stereocenters. The zero-order valence-corrected chi connectivity index (χ0v) is 10.5. The highest BCUT2D eigenvalue weighted by Crippen LogP contribution is 2.24. The Labute approximate surface area is 110 Å². The minimum absolute atomic E-state index is 0.601. The quantitative estimate of drug-likeness (QED) is 0.700. The normalized spacial score (nSPS) is 10.7. The molecule has 0 saturated carbocycles. The van der Waals surface area contributed by atoms with E-state index in [1.807, 2.05) is 48.5 Å². The second kappa shape index (κ2) is 4.74. The van der Waals surface area contributed by atoms with Crippen LogP contribution in [0.5, 0.6) is 11.5 Å². The third kappa shape index (κ3) is 2.19. The molecule has 0 aliphatic heterocycles. The summed E-state index contributed by atoms with van der Waals surface area (Å²) < 4.78 is 5.76. The summed E-state index contributed by atoms with van der Waals surface area (Å²) in [5.41, 5.74) is 1.90. The van der Waals surface area contributed by atoms with Gasteiger partial charge in [-0.1, -0.05) is 18.2 Å². The molecule has 0 fully saturated rings. The maximum atomic E-state index is 5.76. The van der Waals surface area contributed by atoms with Crippen molar-refractivity contribution in [1.29, 1.82) is 0 Å². The number of aromatic amines is 1. The number of hydrogen-bond acceptors (Lipinski definition) is 3. The van der Waals surface area contributed by atoms with Gasteiger partial charge in [-0.3, -0.25) is 0 Å². The van der Waals surface area contributed by atoms with Crippen LogP contribution in [0.3, 0.4) is 0 Å². The molecule has 0 amide bonds. The minimum Gasteiger partial charge on any atom is -0.457 e. The fraction of sp³-hybridized carbons (Fsp3) is 0.0714. The molecule has 0 saturated heterocycles. The van der Waals surface area contributed by atoms with Gasteiger partial charge in [0.25, 0.3) is 0 Å². The minimum atomic E-state index is 0.601. The summed E-state index contributed by atoms with van der Waals surface area (Å²) in [5, 5.41) is 0. The Balaban J connectivity index is 1.93. The summed E-state index contributed by atoms with van der Waals surface area (Å²) in [6.45, 7) is 0. The van der Waals surface area contributed by atoms with E-state index in [-0.39, 0.29) is 0 Å². The highest BCUT2D eigenvalue weighted by atomic mass is 32.1. The van der Waals surface area contributed by atoms with Crippen LogP contribution < -0.4 is 4.74 Å². The lowest BCUT2D eigenvalue weighted by molar-refractivity contribution is 0.483. The third-order valence-corrected chi connectivity index (χ3v) is 2.93. The number of fused-ring (bicyclic) bond motifs is 1. The van der Waals surface area contributed by atoms with Crippen LogP contribution >= 0.6 is 12.6 Å². The lowest BCUT2D eigenvalue weighted by Gasteiger charge is -2.04. The van der Waals surface area contributed by atoms with Crippen molar-refractivity contribution in [3.63, 3.8) is 0 Å². The predicted octanol–water partition coefficient (Wildman–Crippen LogP) is 3.79. The van der Waals surface area contributed by atoms with Crippen molar-refractivity contribution in [2.24, 2.45) is 0 Å². The Hall–Kier alpha value is -1.94. The van der Waals surface area contributed by atoms with Crippen LogP contribution in [0.1, 0.15) is 5.82 Å². The van der Waals surface area contributed by atoms with Gasteiger partial charge in [-0.2, -0.15) is 12.6 Å². The third-order valence-electron chi connectivity index (χ3n) is 2.63. The van der Waals surface area contributed by atoms with Crippen LogP contribution in [0.25, 0.3) is 11.0 Å². The highest BCUT2D eigenvalue weighted by molar-refractivity contribution is 7.79. The number of aromatic nitrogens is 2. The van der Waals surface area contributed by atoms with E-state index in [1.165, 1.54) is 0 Å². The van der Waals surface area contributed by atoms with Gasteiger partial charge < -0.3 is 9.72 Å². The van der Waals surface area contributed by atoms with Gasteiger partial charge in [0.05, 0.1) is 11.0 Å². The van der Waals surface area contributed by atoms with E-state index in [9.17, 15) is 0 Å². The van der Waals surface area contributed by atoms with Gasteiger partial charge in [-0.05, 0) is 24.3 Å². The second-order valence-electron chi connectivity index (χ2n) is 3.94. The molecule has 0 radical (unpaired) electrons. The zero-order valence-electron chi connectivity index (χ0n) is 9.63. The molecule has 0 aliphatic carbocycles. The van der Waals surface area contributed by atoms with Crippen molar-refractivity contribution in [1.82, 2.24) is 9.97 Å². The lowest BCUT2D eigenvalue weighted by Crippen LogP contribution is -1.83. The summed E-state index contributed by atoms with van der Waals surface area (Å²) >= 11 is 4.20. The predicted molar refractivity (Wildman–Crippen MR) is 75.3 cm³/mol. The standard InChI is InChI=1S/C14H12N2OS/c18-9-14-15-12-7-6-11(8-13(12)16-14)17-10-4-2-1-3-5-10/h1-8,18H,9H2,(H,15,16). The summed E-state index contributed by atoms with van der Waals surface area (Å²) in [6.07, 6.45) is 0. The van der Waals surface area contributed by atoms with E-state index in [2.05, 4.69) is 22.6 Å². The van der Waals surface area contributed by atoms with Gasteiger partial charge >= 0.3 is 0 Å². The van der Waals surface area contributed by atoms with E-state index >= 15 is 0 Å². The smallest absolute Gasteiger partial charge is 0.129 e. The number of benzene rings is 2. The summed E-state index contributed by atoms with van der Waals surface area (Å²) in [5.74, 6) is 3.07. The first kappa shape index (κ1) is 11.2. The van der Waals surface area contributed by atoms with Gasteiger partial charge in [-0.25, -0.2) is 4.98 Å². The van der Waals surface area contributed by atoms with Crippen LogP contribution in [-0.4, -0.2) is 9.97 Å². The van der Waals surface area contributed by atoms with E-state index < -0.39 is 0 Å². The number of rotatable bonds is 3. The largest absolute Gasteiger partial charge is 0.457 e. The molecule has 0 aliphatic rings. The molecule has 1 N–H and O–H groups in total. The Bertz CT molecular complexity index is 664. The van der Waals surface area contributed by atoms with Crippen molar-refractivity contribution in [2.75, 3.05) is 0 Å². The van der Waals surface area contributed by atoms with Crippen molar-refractivity contribution in [3.05, 3.63) is 54.4 Å². The monoisotopic (exact) mass is 256 g/mol. The summed E-state index contributed by atoms with van der Waals surface area (Å²) in [7, 11) is 0. The van der Waals surface area contributed by atoms with Gasteiger partial charge in [0.2, 0.25) is 0 Å². The fourth-order valence-electron chi connectivity index (χ4n) is 1.80. The molecule has 0 atom stereocenters. The number of nitrogens with zero attached hydrogens (tertiary/aromatic N) is 1. The van der Waals surface area contributed by atoms with Crippen molar-refractivity contribution in [3.8, 4) is 11.5 Å². The van der Waals surface area contributed by atoms with Gasteiger partial charge in [-0.15, -0.1) is 0 Å². The number of ether oxygens (including phenoxy) is 1. The van der Waals surface area contributed by atoms with E-state index in [0.717, 1.165) is 28.4 Å². The van der Waals surface area contributed by atoms with Crippen molar-refractivity contribution < 1.29 is 4.74 Å². The van der Waals surface area contributed by atoms with Crippen LogP contribution in [0.2, 0.25) is 0 Å². The number of imidazole rings is 1. The molecule has 90 valence electrons. The molecular weight excluding hydrogens is 244 g/mol. The van der Waals surface area contributed by atoms with Crippen LogP contribution in [0.4, 0.5) is 0 Å². The van der Waals surface area contributed by atoms with Gasteiger partial charge in [0.15, 0.2) is 0 Å². The molecule has 4 heteroatoms. The highest BCUT2D eigenvalue weighted by Gasteiger charge is 2.03. The van der Waals surface area contributed by atoms with Gasteiger partial charge in [0, 0.05) is 11.8 Å². The second-order valence-corrected chi connectivity index (χ2v) is 4.25.